The number of likely N-dealkylation sites (tertiary alicyclic amines) is 1. The zero-order valence-corrected chi connectivity index (χ0v) is 19.9. The van der Waals surface area contributed by atoms with Gasteiger partial charge in [0.25, 0.3) is 0 Å². The van der Waals surface area contributed by atoms with Crippen LogP contribution in [0.5, 0.6) is 0 Å². The number of hydrogen-bond donors (Lipinski definition) is 1. The van der Waals surface area contributed by atoms with Crippen molar-refractivity contribution in [1.82, 2.24) is 10.2 Å². The van der Waals surface area contributed by atoms with Crippen molar-refractivity contribution in [2.45, 2.75) is 79.5 Å². The molecule has 0 atom stereocenters. The molecule has 1 aliphatic carbocycles. The highest BCUT2D eigenvalue weighted by molar-refractivity contribution is 7.99. The fourth-order valence-corrected chi connectivity index (χ4v) is 6.96. The van der Waals surface area contributed by atoms with Crippen molar-refractivity contribution >= 4 is 17.7 Å². The Kier molecular flexibility index (Phi) is 7.19. The third-order valence-corrected chi connectivity index (χ3v) is 8.80. The van der Waals surface area contributed by atoms with Gasteiger partial charge in [0.2, 0.25) is 5.91 Å². The average molecular weight is 449 g/mol. The molecule has 3 nitrogen and oxygen atoms in total. The number of rotatable bonds is 4. The van der Waals surface area contributed by atoms with Crippen LogP contribution in [0.15, 0.2) is 58.3 Å². The van der Waals surface area contributed by atoms with Crippen molar-refractivity contribution in [2.24, 2.45) is 5.92 Å². The number of hydrogen-bond acceptors (Lipinski definition) is 3. The fraction of sp³-hybridized carbons (Fsp3) is 0.536. The number of nitrogens with one attached hydrogen (secondary N) is 1. The van der Waals surface area contributed by atoms with E-state index in [1.807, 2.05) is 0 Å². The Balaban J connectivity index is 1.20. The van der Waals surface area contributed by atoms with Crippen LogP contribution < -0.4 is 5.32 Å². The van der Waals surface area contributed by atoms with E-state index in [0.29, 0.717) is 6.04 Å². The Morgan fingerprint density at radius 2 is 1.38 bits per heavy atom. The molecule has 0 unspecified atom stereocenters. The summed E-state index contributed by atoms with van der Waals surface area (Å²) in [6.07, 6.45) is 12.1. The number of carbonyl (C=O) groups excluding carboxylic acids is 1. The van der Waals surface area contributed by atoms with Crippen LogP contribution in [0.4, 0.5) is 0 Å². The third-order valence-electron chi connectivity index (χ3n) is 7.62. The van der Waals surface area contributed by atoms with E-state index >= 15 is 0 Å². The van der Waals surface area contributed by atoms with Gasteiger partial charge in [-0.15, -0.1) is 0 Å². The molecule has 2 aliphatic heterocycles. The molecule has 0 aromatic heterocycles. The largest absolute Gasteiger partial charge is 0.352 e. The molecule has 0 radical (unpaired) electrons. The fourth-order valence-electron chi connectivity index (χ4n) is 5.83. The highest BCUT2D eigenvalue weighted by Crippen LogP contribution is 2.45. The molecule has 1 amide bonds. The van der Waals surface area contributed by atoms with Crippen molar-refractivity contribution in [2.75, 3.05) is 19.6 Å². The molecule has 1 saturated carbocycles. The monoisotopic (exact) mass is 448 g/mol. The molecule has 4 heteroatoms. The second kappa shape index (κ2) is 10.4. The molecule has 2 aromatic rings. The Bertz CT molecular complexity index is 868. The van der Waals surface area contributed by atoms with Gasteiger partial charge in [0.05, 0.1) is 5.92 Å². The standard InChI is InChI=1S/C28H36N2OS/c31-28(27-23-12-6-8-14-25(23)32-26-15-9-7-13-24(26)27)29-22-16-18-30(19-17-22)20-21-10-4-2-1-3-5-11-21/h6-9,12-15,21-22,27H,1-5,10-11,16-20H2,(H,29,31). The van der Waals surface area contributed by atoms with E-state index in [-0.39, 0.29) is 11.8 Å². The maximum Gasteiger partial charge on any atom is 0.232 e. The Labute approximate surface area is 197 Å². The number of amides is 1. The van der Waals surface area contributed by atoms with Gasteiger partial charge in [0.1, 0.15) is 0 Å². The summed E-state index contributed by atoms with van der Waals surface area (Å²) in [6, 6.07) is 17.1. The van der Waals surface area contributed by atoms with Crippen LogP contribution in [0.1, 0.15) is 74.8 Å². The van der Waals surface area contributed by atoms with Gasteiger partial charge < -0.3 is 10.2 Å². The SMILES string of the molecule is O=C(NC1CCN(CC2CCCCCCC2)CC1)C1c2ccccc2Sc2ccccc21. The van der Waals surface area contributed by atoms with Crippen molar-refractivity contribution in [1.29, 1.82) is 0 Å². The maximum atomic E-state index is 13.5. The number of piperidine rings is 1. The Hall–Kier alpha value is -1.78. The molecule has 1 N–H and O–H groups in total. The molecule has 170 valence electrons. The van der Waals surface area contributed by atoms with E-state index < -0.39 is 0 Å². The molecule has 0 spiro atoms. The topological polar surface area (TPSA) is 32.3 Å². The zero-order valence-electron chi connectivity index (χ0n) is 19.1. The van der Waals surface area contributed by atoms with Gasteiger partial charge in [0, 0.05) is 35.5 Å². The van der Waals surface area contributed by atoms with Crippen molar-refractivity contribution in [3.05, 3.63) is 59.7 Å². The lowest BCUT2D eigenvalue weighted by atomic mass is 9.89. The summed E-state index contributed by atoms with van der Waals surface area (Å²) in [6.45, 7) is 3.51. The zero-order chi connectivity index (χ0) is 21.8. The van der Waals surface area contributed by atoms with Gasteiger partial charge in [-0.25, -0.2) is 0 Å². The summed E-state index contributed by atoms with van der Waals surface area (Å²) in [5.41, 5.74) is 2.30. The molecule has 1 saturated heterocycles. The average Bonchev–Trinajstić information content (AvgIpc) is 2.80. The van der Waals surface area contributed by atoms with E-state index in [2.05, 4.69) is 58.7 Å². The number of carbonyl (C=O) groups is 1. The lowest BCUT2D eigenvalue weighted by molar-refractivity contribution is -0.122. The van der Waals surface area contributed by atoms with Gasteiger partial charge in [-0.2, -0.15) is 0 Å². The molecule has 2 fully saturated rings. The van der Waals surface area contributed by atoms with E-state index in [1.54, 1.807) is 11.8 Å². The van der Waals surface area contributed by atoms with Crippen molar-refractivity contribution in [3.8, 4) is 0 Å². The van der Waals surface area contributed by atoms with Crippen LogP contribution in [0.3, 0.4) is 0 Å². The Morgan fingerprint density at radius 3 is 2.00 bits per heavy atom. The first kappa shape index (κ1) is 22.0. The molecule has 5 rings (SSSR count). The first-order valence-electron chi connectivity index (χ1n) is 12.7. The predicted molar refractivity (Wildman–Crippen MR) is 132 cm³/mol. The quantitative estimate of drug-likeness (QED) is 0.602. The van der Waals surface area contributed by atoms with Crippen LogP contribution in [0, 0.1) is 5.92 Å². The summed E-state index contributed by atoms with van der Waals surface area (Å²) >= 11 is 1.78. The van der Waals surface area contributed by atoms with Crippen LogP contribution in [0.2, 0.25) is 0 Å². The molecule has 2 heterocycles. The van der Waals surface area contributed by atoms with Crippen molar-refractivity contribution in [3.63, 3.8) is 0 Å². The molecule has 3 aliphatic rings. The molecular weight excluding hydrogens is 412 g/mol. The molecule has 0 bridgehead atoms. The van der Waals surface area contributed by atoms with Gasteiger partial charge in [-0.05, 0) is 54.9 Å². The van der Waals surface area contributed by atoms with E-state index in [4.69, 9.17) is 0 Å². The van der Waals surface area contributed by atoms with Crippen LogP contribution >= 0.6 is 11.8 Å². The minimum absolute atomic E-state index is 0.170. The predicted octanol–water partition coefficient (Wildman–Crippen LogP) is 6.22. The van der Waals surface area contributed by atoms with Gasteiger partial charge in [0.15, 0.2) is 0 Å². The van der Waals surface area contributed by atoms with Gasteiger partial charge >= 0.3 is 0 Å². The van der Waals surface area contributed by atoms with E-state index in [9.17, 15) is 4.79 Å². The van der Waals surface area contributed by atoms with Crippen LogP contribution in [-0.2, 0) is 4.79 Å². The second-order valence-electron chi connectivity index (χ2n) is 9.91. The highest BCUT2D eigenvalue weighted by atomic mass is 32.2. The van der Waals surface area contributed by atoms with E-state index in [1.165, 1.54) is 61.3 Å². The number of fused-ring (bicyclic) bond motifs is 2. The second-order valence-corrected chi connectivity index (χ2v) is 11.0. The van der Waals surface area contributed by atoms with Gasteiger partial charge in [-0.1, -0.05) is 80.3 Å². The van der Waals surface area contributed by atoms with E-state index in [0.717, 1.165) is 43.0 Å². The summed E-state index contributed by atoms with van der Waals surface area (Å²) in [4.78, 5) is 18.6. The summed E-state index contributed by atoms with van der Waals surface area (Å²) < 4.78 is 0. The third kappa shape index (κ3) is 5.07. The minimum Gasteiger partial charge on any atom is -0.352 e. The summed E-state index contributed by atoms with van der Waals surface area (Å²) in [7, 11) is 0. The first-order chi connectivity index (χ1) is 15.8. The molecular formula is C28H36N2OS. The smallest absolute Gasteiger partial charge is 0.232 e. The van der Waals surface area contributed by atoms with Crippen molar-refractivity contribution < 1.29 is 4.79 Å². The normalized spacial score (nSPS) is 21.2. The minimum atomic E-state index is -0.198. The first-order valence-corrected chi connectivity index (χ1v) is 13.5. The number of benzene rings is 2. The lowest BCUT2D eigenvalue weighted by Crippen LogP contribution is -2.47. The number of nitrogens with zero attached hydrogens (tertiary/aromatic N) is 1. The highest BCUT2D eigenvalue weighted by Gasteiger charge is 2.33. The summed E-state index contributed by atoms with van der Waals surface area (Å²) in [5.74, 6) is 0.856. The lowest BCUT2D eigenvalue weighted by Gasteiger charge is -2.36. The summed E-state index contributed by atoms with van der Waals surface area (Å²) in [5, 5.41) is 3.44. The molecule has 32 heavy (non-hydrogen) atoms. The molecule has 2 aromatic carbocycles. The van der Waals surface area contributed by atoms with Crippen LogP contribution in [0.25, 0.3) is 0 Å². The maximum absolute atomic E-state index is 13.5. The van der Waals surface area contributed by atoms with Crippen LogP contribution in [-0.4, -0.2) is 36.5 Å². The van der Waals surface area contributed by atoms with Gasteiger partial charge in [-0.3, -0.25) is 4.79 Å². The Morgan fingerprint density at radius 1 is 0.812 bits per heavy atom.